The Hall–Kier alpha value is -2.49. The number of aromatic nitrogens is 2. The number of fused-ring (bicyclic) bond motifs is 2. The molecule has 1 unspecified atom stereocenters. The van der Waals surface area contributed by atoms with Crippen LogP contribution in [0.5, 0.6) is 0 Å². The molecule has 0 amide bonds. The van der Waals surface area contributed by atoms with E-state index >= 15 is 0 Å². The Bertz CT molecular complexity index is 868. The van der Waals surface area contributed by atoms with Gasteiger partial charge in [0.05, 0.1) is 18.5 Å². The van der Waals surface area contributed by atoms with E-state index < -0.39 is 0 Å². The van der Waals surface area contributed by atoms with Crippen molar-refractivity contribution in [2.24, 2.45) is 4.99 Å². The highest BCUT2D eigenvalue weighted by Gasteiger charge is 2.21. The van der Waals surface area contributed by atoms with E-state index in [1.807, 2.05) is 24.4 Å². The van der Waals surface area contributed by atoms with Gasteiger partial charge in [0.1, 0.15) is 11.5 Å². The fourth-order valence-electron chi connectivity index (χ4n) is 4.22. The number of allylic oxidation sites excluding steroid dienone is 1. The standard InChI is InChI=1S/C23H29N3O/c1-3-16-9-6-4-5-7-10-17-13-18(16)20(25-17)14-22-23(27-2)15-21(26-22)19-11-8-12-24-19/h8,11-16,24-25H,3-7,9-10H2,1-2H3. The first-order valence-electron chi connectivity index (χ1n) is 10.2. The Balaban J connectivity index is 1.72. The second-order valence-corrected chi connectivity index (χ2v) is 7.54. The lowest BCUT2D eigenvalue weighted by Gasteiger charge is -2.15. The predicted molar refractivity (Wildman–Crippen MR) is 111 cm³/mol. The molecular weight excluding hydrogens is 334 g/mol. The lowest BCUT2D eigenvalue weighted by molar-refractivity contribution is 0.303. The van der Waals surface area contributed by atoms with E-state index in [-0.39, 0.29) is 0 Å². The van der Waals surface area contributed by atoms with Crippen LogP contribution in [-0.4, -0.2) is 22.8 Å². The summed E-state index contributed by atoms with van der Waals surface area (Å²) >= 11 is 0. The molecule has 0 fully saturated rings. The zero-order valence-corrected chi connectivity index (χ0v) is 16.3. The van der Waals surface area contributed by atoms with Crippen LogP contribution >= 0.6 is 0 Å². The average Bonchev–Trinajstić information content (AvgIpc) is 3.41. The van der Waals surface area contributed by atoms with Gasteiger partial charge in [-0.3, -0.25) is 0 Å². The van der Waals surface area contributed by atoms with E-state index in [2.05, 4.69) is 29.0 Å². The number of hydrogen-bond donors (Lipinski definition) is 2. The molecule has 2 aromatic rings. The third kappa shape index (κ3) is 3.80. The van der Waals surface area contributed by atoms with Crippen LogP contribution in [0.1, 0.15) is 74.0 Å². The lowest BCUT2D eigenvalue weighted by Crippen LogP contribution is -1.99. The Morgan fingerprint density at radius 2 is 2.15 bits per heavy atom. The Kier molecular flexibility index (Phi) is 5.33. The van der Waals surface area contributed by atoms with Crippen molar-refractivity contribution in [2.45, 2.75) is 57.8 Å². The quantitative estimate of drug-likeness (QED) is 0.717. The molecule has 2 aliphatic rings. The van der Waals surface area contributed by atoms with Gasteiger partial charge in [-0.25, -0.2) is 4.99 Å². The molecule has 0 aromatic carbocycles. The summed E-state index contributed by atoms with van der Waals surface area (Å²) in [6.07, 6.45) is 15.0. The number of rotatable bonds is 4. The number of ether oxygens (including phenoxy) is 1. The number of nitrogens with one attached hydrogen (secondary N) is 2. The molecule has 142 valence electrons. The number of H-pyrrole nitrogens is 2. The van der Waals surface area contributed by atoms with Gasteiger partial charge < -0.3 is 14.7 Å². The first kappa shape index (κ1) is 17.9. The largest absolute Gasteiger partial charge is 0.494 e. The Morgan fingerprint density at radius 3 is 2.93 bits per heavy atom. The summed E-state index contributed by atoms with van der Waals surface area (Å²) in [5.41, 5.74) is 6.82. The molecule has 0 spiro atoms. The molecule has 3 heterocycles. The van der Waals surface area contributed by atoms with E-state index in [0.717, 1.165) is 29.3 Å². The summed E-state index contributed by atoms with van der Waals surface area (Å²) < 4.78 is 5.61. The van der Waals surface area contributed by atoms with Gasteiger partial charge in [-0.15, -0.1) is 0 Å². The summed E-state index contributed by atoms with van der Waals surface area (Å²) in [6.45, 7) is 2.30. The predicted octanol–water partition coefficient (Wildman–Crippen LogP) is 5.72. The van der Waals surface area contributed by atoms with Crippen LogP contribution in [0, 0.1) is 0 Å². The highest BCUT2D eigenvalue weighted by atomic mass is 16.5. The van der Waals surface area contributed by atoms with E-state index in [4.69, 9.17) is 9.73 Å². The van der Waals surface area contributed by atoms with Crippen molar-refractivity contribution in [1.29, 1.82) is 0 Å². The van der Waals surface area contributed by atoms with Gasteiger partial charge in [0.2, 0.25) is 0 Å². The van der Waals surface area contributed by atoms with Crippen LogP contribution in [0.2, 0.25) is 0 Å². The number of hydrogen-bond acceptors (Lipinski definition) is 2. The van der Waals surface area contributed by atoms with Crippen LogP contribution in [0.4, 0.5) is 0 Å². The fourth-order valence-corrected chi connectivity index (χ4v) is 4.22. The molecule has 0 radical (unpaired) electrons. The summed E-state index contributed by atoms with van der Waals surface area (Å²) in [6, 6.07) is 6.42. The fraction of sp³-hybridized carbons (Fsp3) is 0.435. The minimum atomic E-state index is 0.614. The number of aryl methyl sites for hydroxylation is 1. The minimum Gasteiger partial charge on any atom is -0.494 e. The molecule has 27 heavy (non-hydrogen) atoms. The number of methoxy groups -OCH3 is 1. The summed E-state index contributed by atoms with van der Waals surface area (Å²) in [5, 5.41) is 0. The molecule has 0 saturated carbocycles. The molecule has 2 N–H and O–H groups in total. The van der Waals surface area contributed by atoms with Crippen molar-refractivity contribution in [3.63, 3.8) is 0 Å². The van der Waals surface area contributed by atoms with Gasteiger partial charge in [0.15, 0.2) is 0 Å². The number of aliphatic imine (C=N–C) groups is 1. The first-order chi connectivity index (χ1) is 13.3. The van der Waals surface area contributed by atoms with Gasteiger partial charge in [-0.05, 0) is 61.4 Å². The van der Waals surface area contributed by atoms with Crippen molar-refractivity contribution in [3.8, 4) is 0 Å². The van der Waals surface area contributed by atoms with Crippen molar-refractivity contribution in [1.82, 2.24) is 9.97 Å². The van der Waals surface area contributed by atoms with E-state index in [9.17, 15) is 0 Å². The van der Waals surface area contributed by atoms with Gasteiger partial charge >= 0.3 is 0 Å². The third-order valence-electron chi connectivity index (χ3n) is 5.75. The first-order valence-corrected chi connectivity index (χ1v) is 10.2. The van der Waals surface area contributed by atoms with Gasteiger partial charge in [0, 0.05) is 23.7 Å². The lowest BCUT2D eigenvalue weighted by atomic mass is 9.89. The maximum absolute atomic E-state index is 5.61. The summed E-state index contributed by atoms with van der Waals surface area (Å²) in [5.74, 6) is 1.43. The molecule has 4 rings (SSSR count). The topological polar surface area (TPSA) is 53.2 Å². The molecule has 2 aromatic heterocycles. The zero-order valence-electron chi connectivity index (χ0n) is 16.3. The van der Waals surface area contributed by atoms with Crippen molar-refractivity contribution in [3.05, 3.63) is 64.6 Å². The van der Waals surface area contributed by atoms with Crippen molar-refractivity contribution in [2.75, 3.05) is 7.11 Å². The maximum atomic E-state index is 5.61. The maximum Gasteiger partial charge on any atom is 0.146 e. The van der Waals surface area contributed by atoms with Crippen LogP contribution in [0.25, 0.3) is 6.08 Å². The second kappa shape index (κ2) is 8.03. The van der Waals surface area contributed by atoms with E-state index in [1.165, 1.54) is 55.5 Å². The summed E-state index contributed by atoms with van der Waals surface area (Å²) in [4.78, 5) is 11.7. The SMILES string of the molecule is CCC1CCCCCCc2cc1c(C=C1N=C(c3ccc[nH]3)C=C1OC)[nH]2. The Morgan fingerprint density at radius 1 is 1.26 bits per heavy atom. The van der Waals surface area contributed by atoms with E-state index in [0.29, 0.717) is 5.92 Å². The number of nitrogens with zero attached hydrogens (tertiary/aromatic N) is 1. The molecule has 1 aliphatic heterocycles. The smallest absolute Gasteiger partial charge is 0.146 e. The minimum absolute atomic E-state index is 0.614. The second-order valence-electron chi connectivity index (χ2n) is 7.54. The van der Waals surface area contributed by atoms with Gasteiger partial charge in [0.25, 0.3) is 0 Å². The zero-order chi connectivity index (χ0) is 18.6. The molecule has 0 saturated heterocycles. The molecule has 4 nitrogen and oxygen atoms in total. The Labute approximate surface area is 161 Å². The van der Waals surface area contributed by atoms with Gasteiger partial charge in [-0.2, -0.15) is 0 Å². The van der Waals surface area contributed by atoms with Crippen LogP contribution in [0.3, 0.4) is 0 Å². The van der Waals surface area contributed by atoms with Crippen LogP contribution in [0.15, 0.2) is 46.9 Å². The van der Waals surface area contributed by atoms with Crippen LogP contribution < -0.4 is 0 Å². The third-order valence-corrected chi connectivity index (χ3v) is 5.75. The van der Waals surface area contributed by atoms with Crippen molar-refractivity contribution < 1.29 is 4.74 Å². The van der Waals surface area contributed by atoms with E-state index in [1.54, 1.807) is 7.11 Å². The monoisotopic (exact) mass is 363 g/mol. The average molecular weight is 364 g/mol. The highest BCUT2D eigenvalue weighted by molar-refractivity contribution is 6.11. The molecule has 1 atom stereocenters. The van der Waals surface area contributed by atoms with Crippen molar-refractivity contribution >= 4 is 11.8 Å². The number of aromatic amines is 2. The summed E-state index contributed by atoms with van der Waals surface area (Å²) in [7, 11) is 1.71. The molecule has 2 bridgehead atoms. The molecule has 4 heteroatoms. The molecular formula is C23H29N3O. The normalized spacial score (nSPS) is 21.9. The highest BCUT2D eigenvalue weighted by Crippen LogP contribution is 2.34. The van der Waals surface area contributed by atoms with Gasteiger partial charge in [-0.1, -0.05) is 26.2 Å². The van der Waals surface area contributed by atoms with Crippen LogP contribution in [-0.2, 0) is 11.2 Å². The molecule has 1 aliphatic carbocycles.